The fourth-order valence-electron chi connectivity index (χ4n) is 2.74. The molecule has 1 heterocycles. The number of ether oxygens (including phenoxy) is 2. The Labute approximate surface area is 145 Å². The third-order valence-corrected chi connectivity index (χ3v) is 4.36. The Bertz CT molecular complexity index is 519. The van der Waals surface area contributed by atoms with Gasteiger partial charge in [0.2, 0.25) is 0 Å². The van der Waals surface area contributed by atoms with E-state index in [1.54, 1.807) is 0 Å². The van der Waals surface area contributed by atoms with Gasteiger partial charge >= 0.3 is 6.03 Å². The van der Waals surface area contributed by atoms with Crippen LogP contribution in [0.4, 0.5) is 4.79 Å². The molecule has 1 aromatic carbocycles. The largest absolute Gasteiger partial charge is 0.490 e. The van der Waals surface area contributed by atoms with Crippen molar-refractivity contribution >= 4 is 6.03 Å². The average molecular weight is 334 g/mol. The molecule has 5 heteroatoms. The first kappa shape index (κ1) is 18.4. The lowest BCUT2D eigenvalue weighted by molar-refractivity contribution is 0.237. The van der Waals surface area contributed by atoms with Crippen molar-refractivity contribution in [3.8, 4) is 11.5 Å². The van der Waals surface area contributed by atoms with Gasteiger partial charge in [0.25, 0.3) is 0 Å². The van der Waals surface area contributed by atoms with Gasteiger partial charge in [0.05, 0.1) is 13.2 Å². The van der Waals surface area contributed by atoms with Crippen LogP contribution in [0, 0.1) is 5.92 Å². The highest BCUT2D eigenvalue weighted by Gasteiger charge is 2.11. The molecular formula is C19H30N2O3. The summed E-state index contributed by atoms with van der Waals surface area (Å²) in [6.45, 7) is 6.95. The summed E-state index contributed by atoms with van der Waals surface area (Å²) in [6, 6.07) is 5.70. The zero-order chi connectivity index (χ0) is 17.2. The van der Waals surface area contributed by atoms with Gasteiger partial charge in [-0.25, -0.2) is 4.79 Å². The fraction of sp³-hybridized carbons (Fsp3) is 0.632. The van der Waals surface area contributed by atoms with Crippen molar-refractivity contribution in [3.05, 3.63) is 23.8 Å². The quantitative estimate of drug-likeness (QED) is 0.759. The Morgan fingerprint density at radius 2 is 1.96 bits per heavy atom. The molecule has 2 N–H and O–H groups in total. The monoisotopic (exact) mass is 334 g/mol. The van der Waals surface area contributed by atoms with E-state index >= 15 is 0 Å². The highest BCUT2D eigenvalue weighted by molar-refractivity contribution is 5.73. The number of hydrogen-bond acceptors (Lipinski definition) is 3. The normalized spacial score (nSPS) is 14.6. The third kappa shape index (κ3) is 5.95. The summed E-state index contributed by atoms with van der Waals surface area (Å²) < 4.78 is 11.3. The minimum atomic E-state index is -0.114. The van der Waals surface area contributed by atoms with E-state index in [1.807, 2.05) is 18.2 Å². The van der Waals surface area contributed by atoms with Crippen molar-refractivity contribution < 1.29 is 14.3 Å². The van der Waals surface area contributed by atoms with E-state index in [9.17, 15) is 4.79 Å². The summed E-state index contributed by atoms with van der Waals surface area (Å²) in [6.07, 6.45) is 5.59. The first-order valence-electron chi connectivity index (χ1n) is 9.13. The van der Waals surface area contributed by atoms with E-state index in [4.69, 9.17) is 9.47 Å². The smallest absolute Gasteiger partial charge is 0.315 e. The highest BCUT2D eigenvalue weighted by Crippen LogP contribution is 2.30. The molecule has 1 aromatic rings. The van der Waals surface area contributed by atoms with Gasteiger partial charge in [0, 0.05) is 19.5 Å². The molecule has 24 heavy (non-hydrogen) atoms. The molecule has 134 valence electrons. The molecule has 1 aliphatic rings. The number of unbranched alkanes of at least 4 members (excludes halogenated alkanes) is 1. The Balaban J connectivity index is 1.76. The third-order valence-electron chi connectivity index (χ3n) is 4.36. The number of carbonyl (C=O) groups is 1. The lowest BCUT2D eigenvalue weighted by Crippen LogP contribution is -2.37. The number of nitrogens with one attached hydrogen (secondary N) is 2. The van der Waals surface area contributed by atoms with Crippen LogP contribution in [0.5, 0.6) is 11.5 Å². The molecule has 1 unspecified atom stereocenters. The van der Waals surface area contributed by atoms with Gasteiger partial charge < -0.3 is 20.1 Å². The zero-order valence-electron chi connectivity index (χ0n) is 14.9. The molecule has 2 amide bonds. The van der Waals surface area contributed by atoms with Crippen LogP contribution in [-0.4, -0.2) is 25.8 Å². The molecule has 0 aromatic heterocycles. The summed E-state index contributed by atoms with van der Waals surface area (Å²) in [5.41, 5.74) is 1.01. The van der Waals surface area contributed by atoms with Crippen LogP contribution in [-0.2, 0) is 6.54 Å². The molecule has 1 aliphatic heterocycles. The van der Waals surface area contributed by atoms with Crippen LogP contribution in [0.1, 0.15) is 51.5 Å². The average Bonchev–Trinajstić information content (AvgIpc) is 2.85. The van der Waals surface area contributed by atoms with Crippen molar-refractivity contribution in [3.63, 3.8) is 0 Å². The van der Waals surface area contributed by atoms with E-state index in [2.05, 4.69) is 24.5 Å². The van der Waals surface area contributed by atoms with Gasteiger partial charge in [-0.3, -0.25) is 0 Å². The standard InChI is InChI=1S/C19H30N2O3/c1-3-5-7-15(4-2)13-20-19(22)21-14-16-8-9-17-18(12-16)24-11-6-10-23-17/h8-9,12,15H,3-7,10-11,13-14H2,1-2H3,(H2,20,21,22). The van der Waals surface area contributed by atoms with E-state index in [0.717, 1.165) is 36.4 Å². The number of amides is 2. The number of benzene rings is 1. The second-order valence-corrected chi connectivity index (χ2v) is 6.31. The van der Waals surface area contributed by atoms with E-state index < -0.39 is 0 Å². The molecule has 5 nitrogen and oxygen atoms in total. The van der Waals surface area contributed by atoms with Gasteiger partial charge in [-0.2, -0.15) is 0 Å². The number of hydrogen-bond donors (Lipinski definition) is 2. The number of carbonyl (C=O) groups excluding carboxylic acids is 1. The molecule has 0 saturated carbocycles. The van der Waals surface area contributed by atoms with E-state index in [-0.39, 0.29) is 6.03 Å². The predicted octanol–water partition coefficient (Wildman–Crippen LogP) is 3.86. The Kier molecular flexibility index (Phi) is 7.72. The van der Waals surface area contributed by atoms with Crippen LogP contribution < -0.4 is 20.1 Å². The van der Waals surface area contributed by atoms with Crippen LogP contribution in [0.15, 0.2) is 18.2 Å². The minimum Gasteiger partial charge on any atom is -0.490 e. The Hall–Kier alpha value is -1.91. The second kappa shape index (κ2) is 10.1. The van der Waals surface area contributed by atoms with Gasteiger partial charge in [-0.1, -0.05) is 39.2 Å². The fourth-order valence-corrected chi connectivity index (χ4v) is 2.74. The number of fused-ring (bicyclic) bond motifs is 1. The lowest BCUT2D eigenvalue weighted by Gasteiger charge is -2.16. The van der Waals surface area contributed by atoms with E-state index in [1.165, 1.54) is 19.3 Å². The van der Waals surface area contributed by atoms with Gasteiger partial charge in [-0.15, -0.1) is 0 Å². The molecule has 0 aliphatic carbocycles. The molecule has 0 saturated heterocycles. The number of rotatable bonds is 8. The molecule has 0 fully saturated rings. The molecule has 2 rings (SSSR count). The van der Waals surface area contributed by atoms with Crippen molar-refractivity contribution in [1.82, 2.24) is 10.6 Å². The van der Waals surface area contributed by atoms with Gasteiger partial charge in [-0.05, 0) is 30.0 Å². The van der Waals surface area contributed by atoms with E-state index in [0.29, 0.717) is 25.7 Å². The van der Waals surface area contributed by atoms with Gasteiger partial charge in [0.15, 0.2) is 11.5 Å². The Morgan fingerprint density at radius 1 is 1.17 bits per heavy atom. The molecule has 0 spiro atoms. The van der Waals surface area contributed by atoms with Crippen molar-refractivity contribution in [1.29, 1.82) is 0 Å². The van der Waals surface area contributed by atoms with Gasteiger partial charge in [0.1, 0.15) is 0 Å². The summed E-state index contributed by atoms with van der Waals surface area (Å²) in [4.78, 5) is 12.0. The lowest BCUT2D eigenvalue weighted by atomic mass is 9.99. The zero-order valence-corrected chi connectivity index (χ0v) is 14.9. The molecular weight excluding hydrogens is 304 g/mol. The summed E-state index contributed by atoms with van der Waals surface area (Å²) in [5.74, 6) is 2.11. The van der Waals surface area contributed by atoms with Crippen molar-refractivity contribution in [2.24, 2.45) is 5.92 Å². The van der Waals surface area contributed by atoms with Crippen LogP contribution >= 0.6 is 0 Å². The van der Waals surface area contributed by atoms with Crippen LogP contribution in [0.2, 0.25) is 0 Å². The highest BCUT2D eigenvalue weighted by atomic mass is 16.5. The second-order valence-electron chi connectivity index (χ2n) is 6.31. The maximum Gasteiger partial charge on any atom is 0.315 e. The van der Waals surface area contributed by atoms with Crippen LogP contribution in [0.25, 0.3) is 0 Å². The minimum absolute atomic E-state index is 0.114. The van der Waals surface area contributed by atoms with Crippen molar-refractivity contribution in [2.45, 2.75) is 52.5 Å². The first-order chi connectivity index (χ1) is 11.7. The number of urea groups is 1. The topological polar surface area (TPSA) is 59.6 Å². The molecule has 0 bridgehead atoms. The summed E-state index contributed by atoms with van der Waals surface area (Å²) >= 11 is 0. The van der Waals surface area contributed by atoms with Crippen LogP contribution in [0.3, 0.4) is 0 Å². The predicted molar refractivity (Wildman–Crippen MR) is 95.6 cm³/mol. The Morgan fingerprint density at radius 3 is 2.71 bits per heavy atom. The maximum absolute atomic E-state index is 12.0. The SMILES string of the molecule is CCCCC(CC)CNC(=O)NCc1ccc2c(c1)OCCCO2. The van der Waals surface area contributed by atoms with Crippen molar-refractivity contribution in [2.75, 3.05) is 19.8 Å². The maximum atomic E-state index is 12.0. The molecule has 1 atom stereocenters. The summed E-state index contributed by atoms with van der Waals surface area (Å²) in [7, 11) is 0. The first-order valence-corrected chi connectivity index (χ1v) is 9.13. The molecule has 0 radical (unpaired) electrons. The summed E-state index contributed by atoms with van der Waals surface area (Å²) in [5, 5.41) is 5.89.